The number of carboxylic acids is 4. The summed E-state index contributed by atoms with van der Waals surface area (Å²) in [6.07, 6.45) is 8.16. The highest BCUT2D eigenvalue weighted by Crippen LogP contribution is 2.34. The molecule has 198 valence electrons. The summed E-state index contributed by atoms with van der Waals surface area (Å²) in [5.41, 5.74) is 0.0742. The van der Waals surface area contributed by atoms with Crippen molar-refractivity contribution in [2.45, 2.75) is 84.0 Å². The van der Waals surface area contributed by atoms with Crippen LogP contribution in [0.5, 0.6) is 0 Å². The molecule has 0 heterocycles. The maximum Gasteiger partial charge on any atom is 0.318 e. The van der Waals surface area contributed by atoms with Gasteiger partial charge in [-0.1, -0.05) is 64.4 Å². The molecule has 8 nitrogen and oxygen atoms in total. The van der Waals surface area contributed by atoms with Crippen molar-refractivity contribution >= 4 is 23.9 Å². The largest absolute Gasteiger partial charge is 0.481 e. The fraction of sp³-hybridized carbons (Fsp3) is 0.600. The highest BCUT2D eigenvalue weighted by molar-refractivity contribution is 5.97. The van der Waals surface area contributed by atoms with Crippen molar-refractivity contribution in [1.82, 2.24) is 0 Å². The summed E-state index contributed by atoms with van der Waals surface area (Å²) in [7, 11) is 0. The molecule has 0 aliphatic rings. The Labute approximate surface area is 204 Å². The van der Waals surface area contributed by atoms with Crippen LogP contribution in [-0.4, -0.2) is 44.3 Å². The number of benzene rings is 1. The number of hydrogen-bond donors (Lipinski definition) is 4. The summed E-state index contributed by atoms with van der Waals surface area (Å²) < 4.78 is 27.7. The van der Waals surface area contributed by atoms with Crippen LogP contribution in [0.15, 0.2) is 18.2 Å². The second kappa shape index (κ2) is 17.4. The van der Waals surface area contributed by atoms with E-state index in [9.17, 15) is 38.5 Å². The Bertz CT molecular complexity index is 810. The maximum atomic E-state index is 14.4. The van der Waals surface area contributed by atoms with Crippen LogP contribution < -0.4 is 0 Å². The van der Waals surface area contributed by atoms with Gasteiger partial charge in [0.2, 0.25) is 0 Å². The molecule has 35 heavy (non-hydrogen) atoms. The van der Waals surface area contributed by atoms with Gasteiger partial charge in [0.05, 0.1) is 5.92 Å². The molecule has 10 heteroatoms. The van der Waals surface area contributed by atoms with Crippen LogP contribution in [0.2, 0.25) is 0 Å². The van der Waals surface area contributed by atoms with E-state index in [4.69, 9.17) is 9.90 Å². The summed E-state index contributed by atoms with van der Waals surface area (Å²) in [5, 5.41) is 35.3. The van der Waals surface area contributed by atoms with E-state index in [2.05, 4.69) is 6.92 Å². The Balaban J connectivity index is 0.00000267. The molecule has 0 amide bonds. The van der Waals surface area contributed by atoms with Crippen molar-refractivity contribution in [3.8, 4) is 0 Å². The van der Waals surface area contributed by atoms with Crippen LogP contribution in [0.25, 0.3) is 0 Å². The Kier molecular flexibility index (Phi) is 15.9. The average molecular weight is 503 g/mol. The Hall–Kier alpha value is -3.04. The molecule has 0 radical (unpaired) electrons. The fourth-order valence-electron chi connectivity index (χ4n) is 3.89. The number of carboxylic acid groups (broad SMARTS) is 4. The quantitative estimate of drug-likeness (QED) is 0.170. The zero-order valence-electron chi connectivity index (χ0n) is 20.2. The van der Waals surface area contributed by atoms with Gasteiger partial charge in [0.1, 0.15) is 11.6 Å². The first-order chi connectivity index (χ1) is 16.4. The van der Waals surface area contributed by atoms with Gasteiger partial charge in [-0.2, -0.15) is 0 Å². The molecular weight excluding hydrogens is 466 g/mol. The molecule has 0 saturated carbocycles. The number of rotatable bonds is 16. The summed E-state index contributed by atoms with van der Waals surface area (Å²) >= 11 is 0. The van der Waals surface area contributed by atoms with Gasteiger partial charge in [0.15, 0.2) is 5.92 Å². The Morgan fingerprint density at radius 1 is 0.800 bits per heavy atom. The fourth-order valence-corrected chi connectivity index (χ4v) is 3.89. The van der Waals surface area contributed by atoms with Crippen LogP contribution in [0, 0.1) is 23.5 Å². The lowest BCUT2D eigenvalue weighted by atomic mass is 9.79. The number of unbranched alkanes of at least 4 members (excludes halogenated alkanes) is 7. The van der Waals surface area contributed by atoms with E-state index in [1.165, 1.54) is 18.9 Å². The highest BCUT2D eigenvalue weighted by Gasteiger charge is 2.41. The molecule has 0 fully saturated rings. The van der Waals surface area contributed by atoms with Crippen LogP contribution in [0.1, 0.15) is 89.5 Å². The molecule has 0 saturated heterocycles. The van der Waals surface area contributed by atoms with Crippen LogP contribution in [0.3, 0.4) is 0 Å². The van der Waals surface area contributed by atoms with E-state index in [1.54, 1.807) is 0 Å². The van der Waals surface area contributed by atoms with Crippen molar-refractivity contribution < 1.29 is 48.4 Å². The first-order valence-corrected chi connectivity index (χ1v) is 11.7. The maximum absolute atomic E-state index is 14.4. The van der Waals surface area contributed by atoms with Crippen molar-refractivity contribution in [3.05, 3.63) is 35.4 Å². The highest BCUT2D eigenvalue weighted by atomic mass is 19.1. The lowest BCUT2D eigenvalue weighted by Gasteiger charge is -2.24. The molecule has 0 aliphatic carbocycles. The zero-order chi connectivity index (χ0) is 27.0. The van der Waals surface area contributed by atoms with E-state index in [0.717, 1.165) is 45.1 Å². The van der Waals surface area contributed by atoms with Gasteiger partial charge in [-0.25, -0.2) is 8.78 Å². The topological polar surface area (TPSA) is 149 Å². The second-order valence-electron chi connectivity index (χ2n) is 8.48. The molecule has 2 atom stereocenters. The molecule has 2 unspecified atom stereocenters. The van der Waals surface area contributed by atoms with E-state index < -0.39 is 53.3 Å². The molecular formula is C25H36F2O8. The van der Waals surface area contributed by atoms with Gasteiger partial charge in [0, 0.05) is 13.0 Å². The van der Waals surface area contributed by atoms with E-state index in [0.29, 0.717) is 18.9 Å². The van der Waals surface area contributed by atoms with Gasteiger partial charge >= 0.3 is 17.9 Å². The standard InChI is InChI=1S/C23H32F2O6.C2H4O2/c1-2-3-4-5-6-7-8-9-10-15(17-12-11-16(24)14-19(17)25)13-18(21(26)27)20(22(28)29)23(30)31;1-2(3)4/h11-12,14-15,18,20H,2-10,13H2,1H3,(H,26,27)(H,28,29)(H,30,31);1H3,(H,3,4). The molecule has 0 bridgehead atoms. The predicted octanol–water partition coefficient (Wildman–Crippen LogP) is 5.55. The summed E-state index contributed by atoms with van der Waals surface area (Å²) in [6, 6.07) is 2.97. The lowest BCUT2D eigenvalue weighted by Crippen LogP contribution is -2.36. The third-order valence-corrected chi connectivity index (χ3v) is 5.60. The van der Waals surface area contributed by atoms with Crippen LogP contribution in [0.4, 0.5) is 8.78 Å². The van der Waals surface area contributed by atoms with Crippen molar-refractivity contribution in [2.24, 2.45) is 11.8 Å². The average Bonchev–Trinajstić information content (AvgIpc) is 2.73. The van der Waals surface area contributed by atoms with Gasteiger partial charge in [-0.05, 0) is 30.4 Å². The zero-order valence-corrected chi connectivity index (χ0v) is 20.2. The summed E-state index contributed by atoms with van der Waals surface area (Å²) in [4.78, 5) is 43.4. The number of hydrogen-bond acceptors (Lipinski definition) is 4. The number of carbonyl (C=O) groups is 4. The van der Waals surface area contributed by atoms with Crippen molar-refractivity contribution in [1.29, 1.82) is 0 Å². The van der Waals surface area contributed by atoms with Crippen molar-refractivity contribution in [2.75, 3.05) is 0 Å². The van der Waals surface area contributed by atoms with Gasteiger partial charge in [-0.3, -0.25) is 19.2 Å². The first kappa shape index (κ1) is 32.0. The first-order valence-electron chi connectivity index (χ1n) is 11.7. The van der Waals surface area contributed by atoms with Gasteiger partial charge in [0.25, 0.3) is 5.97 Å². The predicted molar refractivity (Wildman–Crippen MR) is 124 cm³/mol. The molecule has 0 aromatic heterocycles. The molecule has 1 rings (SSSR count). The van der Waals surface area contributed by atoms with Crippen LogP contribution >= 0.6 is 0 Å². The normalized spacial score (nSPS) is 12.4. The minimum atomic E-state index is -2.15. The Morgan fingerprint density at radius 3 is 1.71 bits per heavy atom. The van der Waals surface area contributed by atoms with Gasteiger partial charge < -0.3 is 20.4 Å². The Morgan fingerprint density at radius 2 is 1.29 bits per heavy atom. The number of aliphatic carboxylic acids is 4. The summed E-state index contributed by atoms with van der Waals surface area (Å²) in [6.45, 7) is 3.22. The summed E-state index contributed by atoms with van der Waals surface area (Å²) in [5.74, 6) is -12.2. The molecule has 1 aromatic carbocycles. The molecule has 4 N–H and O–H groups in total. The SMILES string of the molecule is CC(=O)O.CCCCCCCCCCC(CC(C(=O)O)C(C(=O)O)C(=O)O)c1ccc(F)cc1F. The monoisotopic (exact) mass is 502 g/mol. The minimum Gasteiger partial charge on any atom is -0.481 e. The van der Waals surface area contributed by atoms with Crippen LogP contribution in [-0.2, 0) is 19.2 Å². The minimum absolute atomic E-state index is 0.0742. The van der Waals surface area contributed by atoms with Crippen molar-refractivity contribution in [3.63, 3.8) is 0 Å². The van der Waals surface area contributed by atoms with Gasteiger partial charge in [-0.15, -0.1) is 0 Å². The molecule has 1 aromatic rings. The third kappa shape index (κ3) is 13.4. The lowest BCUT2D eigenvalue weighted by molar-refractivity contribution is -0.164. The molecule has 0 spiro atoms. The van der Waals surface area contributed by atoms with E-state index in [1.807, 2.05) is 0 Å². The second-order valence-corrected chi connectivity index (χ2v) is 8.48. The van der Waals surface area contributed by atoms with E-state index in [-0.39, 0.29) is 12.0 Å². The smallest absolute Gasteiger partial charge is 0.318 e. The molecule has 0 aliphatic heterocycles. The number of halogens is 2. The third-order valence-electron chi connectivity index (χ3n) is 5.60. The van der Waals surface area contributed by atoms with E-state index >= 15 is 0 Å².